The second-order valence-electron chi connectivity index (χ2n) is 5.51. The topological polar surface area (TPSA) is 40.6 Å². The van der Waals surface area contributed by atoms with E-state index in [1.165, 1.54) is 0 Å². The summed E-state index contributed by atoms with van der Waals surface area (Å²) in [5, 5.41) is 0. The summed E-state index contributed by atoms with van der Waals surface area (Å²) in [5.41, 5.74) is 0.772. The Morgan fingerprint density at radius 1 is 1.16 bits per heavy atom. The van der Waals surface area contributed by atoms with Crippen LogP contribution in [0.15, 0.2) is 30.3 Å². The van der Waals surface area contributed by atoms with E-state index >= 15 is 0 Å². The highest BCUT2D eigenvalue weighted by Crippen LogP contribution is 2.43. The van der Waals surface area contributed by atoms with Crippen molar-refractivity contribution in [2.75, 3.05) is 24.5 Å². The number of β-lactam (4-membered cyclic amide) rings is 1. The number of para-hydroxylation sites is 1. The molecule has 4 nitrogen and oxygen atoms in total. The van der Waals surface area contributed by atoms with Gasteiger partial charge in [-0.05, 0) is 25.0 Å². The Hall–Kier alpha value is -1.84. The molecule has 2 fully saturated rings. The molecule has 3 rings (SSSR count). The van der Waals surface area contributed by atoms with Crippen molar-refractivity contribution >= 4 is 17.5 Å². The molecule has 2 aliphatic rings. The minimum absolute atomic E-state index is 0.113. The first-order valence-electron chi connectivity index (χ1n) is 6.75. The number of hydrogen-bond acceptors (Lipinski definition) is 2. The van der Waals surface area contributed by atoms with Crippen LogP contribution in [0.5, 0.6) is 0 Å². The maximum absolute atomic E-state index is 12.4. The van der Waals surface area contributed by atoms with Gasteiger partial charge in [-0.3, -0.25) is 9.59 Å². The Morgan fingerprint density at radius 3 is 2.32 bits per heavy atom. The van der Waals surface area contributed by atoms with Crippen molar-refractivity contribution in [3.8, 4) is 0 Å². The molecule has 0 aliphatic carbocycles. The first-order valence-corrected chi connectivity index (χ1v) is 6.75. The average molecular weight is 258 g/mol. The number of anilines is 1. The van der Waals surface area contributed by atoms with Gasteiger partial charge in [0.05, 0.1) is 5.41 Å². The van der Waals surface area contributed by atoms with Gasteiger partial charge in [-0.15, -0.1) is 0 Å². The van der Waals surface area contributed by atoms with Gasteiger partial charge in [-0.25, -0.2) is 0 Å². The molecular weight excluding hydrogens is 240 g/mol. The van der Waals surface area contributed by atoms with Crippen LogP contribution in [0.25, 0.3) is 0 Å². The van der Waals surface area contributed by atoms with Crippen LogP contribution in [0.4, 0.5) is 5.69 Å². The van der Waals surface area contributed by atoms with Gasteiger partial charge in [0.1, 0.15) is 0 Å². The van der Waals surface area contributed by atoms with Crippen molar-refractivity contribution < 1.29 is 9.59 Å². The molecule has 2 saturated heterocycles. The minimum Gasteiger partial charge on any atom is -0.343 e. The smallest absolute Gasteiger partial charge is 0.235 e. The molecule has 1 spiro atoms. The predicted octanol–water partition coefficient (Wildman–Crippen LogP) is 1.66. The number of rotatable bonds is 1. The van der Waals surface area contributed by atoms with E-state index in [1.807, 2.05) is 40.1 Å². The number of benzene rings is 1. The Kier molecular flexibility index (Phi) is 2.81. The van der Waals surface area contributed by atoms with Crippen LogP contribution in [0, 0.1) is 5.41 Å². The van der Waals surface area contributed by atoms with Crippen LogP contribution in [-0.2, 0) is 9.59 Å². The molecule has 2 heterocycles. The number of piperidine rings is 1. The Bertz CT molecular complexity index is 504. The Balaban J connectivity index is 1.68. The van der Waals surface area contributed by atoms with Crippen LogP contribution < -0.4 is 4.90 Å². The molecule has 0 aromatic heterocycles. The fourth-order valence-corrected chi connectivity index (χ4v) is 3.08. The average Bonchev–Trinajstić information content (AvgIpc) is 2.45. The third-order valence-electron chi connectivity index (χ3n) is 4.39. The summed E-state index contributed by atoms with van der Waals surface area (Å²) in [6.07, 6.45) is 1.60. The van der Waals surface area contributed by atoms with E-state index in [1.54, 1.807) is 6.92 Å². The second-order valence-corrected chi connectivity index (χ2v) is 5.51. The summed E-state index contributed by atoms with van der Waals surface area (Å²) in [4.78, 5) is 27.4. The molecule has 1 aromatic carbocycles. The number of carbonyl (C=O) groups excluding carboxylic acids is 2. The molecule has 4 heteroatoms. The van der Waals surface area contributed by atoms with Crippen LogP contribution in [-0.4, -0.2) is 36.3 Å². The molecule has 100 valence electrons. The lowest BCUT2D eigenvalue weighted by Gasteiger charge is -2.52. The van der Waals surface area contributed by atoms with Crippen molar-refractivity contribution in [2.24, 2.45) is 5.41 Å². The molecule has 0 radical (unpaired) electrons. The molecule has 0 unspecified atom stereocenters. The monoisotopic (exact) mass is 258 g/mol. The highest BCUT2D eigenvalue weighted by atomic mass is 16.2. The Morgan fingerprint density at radius 2 is 1.79 bits per heavy atom. The van der Waals surface area contributed by atoms with Crippen LogP contribution in [0.2, 0.25) is 0 Å². The van der Waals surface area contributed by atoms with Gasteiger partial charge in [-0.1, -0.05) is 18.2 Å². The first kappa shape index (κ1) is 12.2. The number of hydrogen-bond donors (Lipinski definition) is 0. The van der Waals surface area contributed by atoms with Crippen LogP contribution in [0.1, 0.15) is 19.8 Å². The fourth-order valence-electron chi connectivity index (χ4n) is 3.08. The second kappa shape index (κ2) is 4.37. The summed E-state index contributed by atoms with van der Waals surface area (Å²) < 4.78 is 0. The maximum atomic E-state index is 12.4. The predicted molar refractivity (Wildman–Crippen MR) is 72.7 cm³/mol. The lowest BCUT2D eigenvalue weighted by Crippen LogP contribution is -2.65. The minimum atomic E-state index is -0.207. The number of carbonyl (C=O) groups is 2. The quantitative estimate of drug-likeness (QED) is 0.719. The van der Waals surface area contributed by atoms with Crippen molar-refractivity contribution in [1.82, 2.24) is 4.90 Å². The van der Waals surface area contributed by atoms with Gasteiger partial charge >= 0.3 is 0 Å². The zero-order valence-electron chi connectivity index (χ0n) is 11.1. The van der Waals surface area contributed by atoms with E-state index < -0.39 is 0 Å². The summed E-state index contributed by atoms with van der Waals surface area (Å²) in [7, 11) is 0. The van der Waals surface area contributed by atoms with Gasteiger partial charge in [-0.2, -0.15) is 0 Å². The summed E-state index contributed by atoms with van der Waals surface area (Å²) >= 11 is 0. The lowest BCUT2D eigenvalue weighted by molar-refractivity contribution is -0.143. The Labute approximate surface area is 113 Å². The normalized spacial score (nSPS) is 21.4. The molecule has 19 heavy (non-hydrogen) atoms. The van der Waals surface area contributed by atoms with E-state index in [0.717, 1.165) is 25.1 Å². The molecule has 0 bridgehead atoms. The highest BCUT2D eigenvalue weighted by Gasteiger charge is 2.53. The zero-order chi connectivity index (χ0) is 13.5. The SMILES string of the molecule is CC(=O)N1CCC2(CC1)CN(c1ccccc1)C2=O. The number of nitrogens with zero attached hydrogens (tertiary/aromatic N) is 2. The lowest BCUT2D eigenvalue weighted by atomic mass is 9.71. The van der Waals surface area contributed by atoms with E-state index in [4.69, 9.17) is 0 Å². The van der Waals surface area contributed by atoms with Crippen LogP contribution in [0.3, 0.4) is 0 Å². The molecule has 2 aliphatic heterocycles. The summed E-state index contributed by atoms with van der Waals surface area (Å²) in [6.45, 7) is 3.81. The van der Waals surface area contributed by atoms with Gasteiger partial charge < -0.3 is 9.80 Å². The molecule has 0 N–H and O–H groups in total. The van der Waals surface area contributed by atoms with E-state index in [9.17, 15) is 9.59 Å². The van der Waals surface area contributed by atoms with Crippen molar-refractivity contribution in [3.05, 3.63) is 30.3 Å². The van der Waals surface area contributed by atoms with E-state index in [2.05, 4.69) is 0 Å². The molecular formula is C15H18N2O2. The highest BCUT2D eigenvalue weighted by molar-refractivity contribution is 6.04. The zero-order valence-corrected chi connectivity index (χ0v) is 11.1. The molecule has 0 saturated carbocycles. The van der Waals surface area contributed by atoms with Crippen LogP contribution >= 0.6 is 0 Å². The van der Waals surface area contributed by atoms with Crippen molar-refractivity contribution in [1.29, 1.82) is 0 Å². The van der Waals surface area contributed by atoms with Gasteiger partial charge in [0.25, 0.3) is 0 Å². The van der Waals surface area contributed by atoms with E-state index in [-0.39, 0.29) is 17.2 Å². The number of amides is 2. The summed E-state index contributed by atoms with van der Waals surface area (Å²) in [5.74, 6) is 0.337. The van der Waals surface area contributed by atoms with Crippen molar-refractivity contribution in [2.45, 2.75) is 19.8 Å². The van der Waals surface area contributed by atoms with Gasteiger partial charge in [0.15, 0.2) is 0 Å². The largest absolute Gasteiger partial charge is 0.343 e. The molecule has 2 amide bonds. The third kappa shape index (κ3) is 1.91. The fraction of sp³-hybridized carbons (Fsp3) is 0.467. The molecule has 1 aromatic rings. The maximum Gasteiger partial charge on any atom is 0.235 e. The first-order chi connectivity index (χ1) is 9.12. The van der Waals surface area contributed by atoms with Gasteiger partial charge in [0.2, 0.25) is 11.8 Å². The van der Waals surface area contributed by atoms with Gasteiger partial charge in [0, 0.05) is 32.2 Å². The summed E-state index contributed by atoms with van der Waals surface area (Å²) in [6, 6.07) is 9.79. The van der Waals surface area contributed by atoms with E-state index in [0.29, 0.717) is 13.1 Å². The van der Waals surface area contributed by atoms with Crippen molar-refractivity contribution in [3.63, 3.8) is 0 Å². The standard InChI is InChI=1S/C15H18N2O2/c1-12(18)16-9-7-15(8-10-16)11-17(14(15)19)13-5-3-2-4-6-13/h2-6H,7-11H2,1H3. The third-order valence-corrected chi connectivity index (χ3v) is 4.39. The molecule has 0 atom stereocenters. The number of likely N-dealkylation sites (tertiary alicyclic amines) is 1.